The molecule has 0 saturated carbocycles. The topological polar surface area (TPSA) is 24.4 Å². The molecule has 1 aliphatic carbocycles. The highest BCUT2D eigenvalue weighted by molar-refractivity contribution is 6.01. The Hall–Kier alpha value is -2.09. The fraction of sp³-hybridized carbons (Fsp3) is 0.381. The van der Waals surface area contributed by atoms with Crippen LogP contribution in [-0.2, 0) is 0 Å². The van der Waals surface area contributed by atoms with Crippen molar-refractivity contribution in [3.63, 3.8) is 0 Å². The number of nitrogens with one attached hydrogen (secondary N) is 1. The van der Waals surface area contributed by atoms with Gasteiger partial charge in [0.15, 0.2) is 0 Å². The third-order valence-corrected chi connectivity index (χ3v) is 4.05. The fourth-order valence-corrected chi connectivity index (χ4v) is 2.66. The van der Waals surface area contributed by atoms with Crippen LogP contribution in [0.1, 0.15) is 41.0 Å². The van der Waals surface area contributed by atoms with Gasteiger partial charge in [-0.2, -0.15) is 0 Å². The van der Waals surface area contributed by atoms with Gasteiger partial charge in [-0.3, -0.25) is 4.99 Å². The molecule has 2 nitrogen and oxygen atoms in total. The largest absolute Gasteiger partial charge is 0.381 e. The first-order valence-electron chi connectivity index (χ1n) is 8.37. The average molecular weight is 310 g/mol. The van der Waals surface area contributed by atoms with Gasteiger partial charge in [0.05, 0.1) is 0 Å². The standard InChI is InChI=1S/C21H30N2/c1-7-11-16(5)20(10-4)23-15-18-13-19(9-3)17(6)21(14-18)22-12-8-2/h7-8,10-14,17,23H,1,9,15H2,2-6H3/b12-8-,16-11-,20-10+,22-21?. The van der Waals surface area contributed by atoms with Crippen molar-refractivity contribution in [2.24, 2.45) is 10.9 Å². The lowest BCUT2D eigenvalue weighted by atomic mass is 9.86. The van der Waals surface area contributed by atoms with E-state index in [1.165, 1.54) is 16.7 Å². The van der Waals surface area contributed by atoms with Crippen molar-refractivity contribution in [1.82, 2.24) is 5.32 Å². The molecule has 0 radical (unpaired) electrons. The Bertz CT molecular complexity index is 595. The van der Waals surface area contributed by atoms with E-state index in [9.17, 15) is 0 Å². The quantitative estimate of drug-likeness (QED) is 0.617. The maximum Gasteiger partial charge on any atom is 0.0475 e. The Kier molecular flexibility index (Phi) is 8.10. The van der Waals surface area contributed by atoms with Crippen LogP contribution in [0.4, 0.5) is 0 Å². The summed E-state index contributed by atoms with van der Waals surface area (Å²) in [7, 11) is 0. The van der Waals surface area contributed by atoms with Crippen molar-refractivity contribution in [3.8, 4) is 0 Å². The lowest BCUT2D eigenvalue weighted by Crippen LogP contribution is -2.22. The predicted octanol–water partition coefficient (Wildman–Crippen LogP) is 5.50. The molecule has 1 atom stereocenters. The lowest BCUT2D eigenvalue weighted by molar-refractivity contribution is 0.825. The van der Waals surface area contributed by atoms with E-state index in [-0.39, 0.29) is 0 Å². The van der Waals surface area contributed by atoms with Crippen LogP contribution >= 0.6 is 0 Å². The molecule has 0 aromatic carbocycles. The average Bonchev–Trinajstić information content (AvgIpc) is 2.55. The van der Waals surface area contributed by atoms with Crippen molar-refractivity contribution in [1.29, 1.82) is 0 Å². The van der Waals surface area contributed by atoms with Gasteiger partial charge in [0.1, 0.15) is 0 Å². The highest BCUT2D eigenvalue weighted by Crippen LogP contribution is 2.24. The van der Waals surface area contributed by atoms with Gasteiger partial charge in [0.25, 0.3) is 0 Å². The van der Waals surface area contributed by atoms with Gasteiger partial charge in [-0.15, -0.1) is 0 Å². The van der Waals surface area contributed by atoms with E-state index in [0.29, 0.717) is 5.92 Å². The molecule has 0 fully saturated rings. The van der Waals surface area contributed by atoms with Gasteiger partial charge in [-0.05, 0) is 44.4 Å². The van der Waals surface area contributed by atoms with Crippen molar-refractivity contribution in [3.05, 3.63) is 71.7 Å². The Morgan fingerprint density at radius 2 is 2.09 bits per heavy atom. The van der Waals surface area contributed by atoms with E-state index >= 15 is 0 Å². The Labute approximate surface area is 141 Å². The van der Waals surface area contributed by atoms with Gasteiger partial charge in [0, 0.05) is 30.1 Å². The molecule has 0 amide bonds. The summed E-state index contributed by atoms with van der Waals surface area (Å²) in [6.07, 6.45) is 15.4. The van der Waals surface area contributed by atoms with Crippen molar-refractivity contribution < 1.29 is 0 Å². The first-order valence-corrected chi connectivity index (χ1v) is 8.37. The first-order chi connectivity index (χ1) is 11.1. The first kappa shape index (κ1) is 19.0. The van der Waals surface area contributed by atoms with Crippen molar-refractivity contribution in [2.45, 2.75) is 41.0 Å². The summed E-state index contributed by atoms with van der Waals surface area (Å²) in [6.45, 7) is 15.1. The summed E-state index contributed by atoms with van der Waals surface area (Å²) in [6, 6.07) is 0. The Balaban J connectivity index is 2.95. The minimum atomic E-state index is 0.392. The maximum absolute atomic E-state index is 4.59. The summed E-state index contributed by atoms with van der Waals surface area (Å²) in [4.78, 5) is 4.59. The summed E-state index contributed by atoms with van der Waals surface area (Å²) < 4.78 is 0. The smallest absolute Gasteiger partial charge is 0.0475 e. The molecule has 23 heavy (non-hydrogen) atoms. The summed E-state index contributed by atoms with van der Waals surface area (Å²) in [5.74, 6) is 0.392. The summed E-state index contributed by atoms with van der Waals surface area (Å²) >= 11 is 0. The van der Waals surface area contributed by atoms with Crippen LogP contribution in [0.15, 0.2) is 76.6 Å². The molecule has 1 aliphatic rings. The van der Waals surface area contributed by atoms with Crippen LogP contribution in [0.25, 0.3) is 0 Å². The molecule has 124 valence electrons. The number of aliphatic imine (C=N–C) groups is 1. The van der Waals surface area contributed by atoms with Gasteiger partial charge in [0.2, 0.25) is 0 Å². The van der Waals surface area contributed by atoms with Gasteiger partial charge < -0.3 is 5.32 Å². The van der Waals surface area contributed by atoms with Crippen LogP contribution in [0.3, 0.4) is 0 Å². The van der Waals surface area contributed by atoms with Gasteiger partial charge >= 0.3 is 0 Å². The number of nitrogens with zero attached hydrogens (tertiary/aromatic N) is 1. The molecule has 0 aliphatic heterocycles. The molecule has 1 unspecified atom stereocenters. The third kappa shape index (κ3) is 5.55. The molecular weight excluding hydrogens is 280 g/mol. The van der Waals surface area contributed by atoms with E-state index in [2.05, 4.69) is 55.9 Å². The second-order valence-electron chi connectivity index (χ2n) is 5.69. The zero-order valence-corrected chi connectivity index (χ0v) is 15.2. The van der Waals surface area contributed by atoms with Crippen LogP contribution in [0.5, 0.6) is 0 Å². The van der Waals surface area contributed by atoms with Crippen LogP contribution < -0.4 is 5.32 Å². The van der Waals surface area contributed by atoms with Crippen molar-refractivity contribution >= 4 is 5.71 Å². The number of allylic oxidation sites excluding steroid dienone is 7. The normalized spacial score (nSPS) is 21.4. The van der Waals surface area contributed by atoms with Crippen molar-refractivity contribution in [2.75, 3.05) is 6.54 Å². The van der Waals surface area contributed by atoms with Crippen LogP contribution in [0.2, 0.25) is 0 Å². The molecular formula is C21H30N2. The second-order valence-corrected chi connectivity index (χ2v) is 5.69. The van der Waals surface area contributed by atoms with E-state index in [4.69, 9.17) is 0 Å². The van der Waals surface area contributed by atoms with E-state index in [0.717, 1.165) is 24.4 Å². The highest BCUT2D eigenvalue weighted by atomic mass is 14.9. The lowest BCUT2D eigenvalue weighted by Gasteiger charge is -2.22. The molecule has 1 rings (SSSR count). The monoisotopic (exact) mass is 310 g/mol. The molecule has 0 bridgehead atoms. The molecule has 0 aromatic heterocycles. The Morgan fingerprint density at radius 3 is 2.65 bits per heavy atom. The summed E-state index contributed by atoms with van der Waals surface area (Å²) in [5.41, 5.74) is 6.18. The molecule has 0 spiro atoms. The fourth-order valence-electron chi connectivity index (χ4n) is 2.66. The number of hydrogen-bond donors (Lipinski definition) is 1. The minimum absolute atomic E-state index is 0.392. The predicted molar refractivity (Wildman–Crippen MR) is 104 cm³/mol. The Morgan fingerprint density at radius 1 is 1.35 bits per heavy atom. The van der Waals surface area contributed by atoms with Crippen LogP contribution in [-0.4, -0.2) is 12.3 Å². The molecule has 0 aromatic rings. The maximum atomic E-state index is 4.59. The molecule has 2 heteroatoms. The third-order valence-electron chi connectivity index (χ3n) is 4.05. The minimum Gasteiger partial charge on any atom is -0.381 e. The molecule has 0 saturated heterocycles. The second kappa shape index (κ2) is 9.83. The molecule has 0 heterocycles. The van der Waals surface area contributed by atoms with Gasteiger partial charge in [-0.25, -0.2) is 0 Å². The highest BCUT2D eigenvalue weighted by Gasteiger charge is 2.18. The zero-order chi connectivity index (χ0) is 17.2. The van der Waals surface area contributed by atoms with Gasteiger partial charge in [-0.1, -0.05) is 56.4 Å². The number of rotatable bonds is 7. The van der Waals surface area contributed by atoms with Crippen LogP contribution in [0, 0.1) is 5.92 Å². The van der Waals surface area contributed by atoms with E-state index in [1.807, 2.05) is 38.3 Å². The zero-order valence-electron chi connectivity index (χ0n) is 15.2. The van der Waals surface area contributed by atoms with E-state index < -0.39 is 0 Å². The van der Waals surface area contributed by atoms with E-state index in [1.54, 1.807) is 0 Å². The molecule has 1 N–H and O–H groups in total. The summed E-state index contributed by atoms with van der Waals surface area (Å²) in [5, 5.41) is 3.52. The number of hydrogen-bond acceptors (Lipinski definition) is 2. The SMILES string of the molecule is C=C/C=C(C)\C(=C/C)NCC1=CC(=N/C=C\C)C(C)C(CC)=C1.